The third-order valence-electron chi connectivity index (χ3n) is 4.80. The zero-order chi connectivity index (χ0) is 17.6. The van der Waals surface area contributed by atoms with Crippen LogP contribution in [0.1, 0.15) is 53.7 Å². The van der Waals surface area contributed by atoms with Crippen LogP contribution >= 0.6 is 11.3 Å². The number of fused-ring (bicyclic) bond motifs is 1. The van der Waals surface area contributed by atoms with Gasteiger partial charge in [-0.1, -0.05) is 31.2 Å². The Hall–Kier alpha value is -2.14. The van der Waals surface area contributed by atoms with Gasteiger partial charge in [-0.2, -0.15) is 11.3 Å². The summed E-state index contributed by atoms with van der Waals surface area (Å²) in [7, 11) is 0. The average Bonchev–Trinajstić information content (AvgIpc) is 3.10. The Labute approximate surface area is 152 Å². The molecule has 0 radical (unpaired) electrons. The fraction of sp³-hybridized carbons (Fsp3) is 0.400. The number of carbonyl (C=O) groups excluding carboxylic acids is 2. The molecule has 0 bridgehead atoms. The van der Waals surface area contributed by atoms with Crippen molar-refractivity contribution >= 4 is 23.2 Å². The van der Waals surface area contributed by atoms with Gasteiger partial charge < -0.3 is 10.6 Å². The van der Waals surface area contributed by atoms with Crippen molar-refractivity contribution in [2.24, 2.45) is 5.92 Å². The highest BCUT2D eigenvalue weighted by Gasteiger charge is 2.25. The molecule has 25 heavy (non-hydrogen) atoms. The number of amides is 2. The Morgan fingerprint density at radius 1 is 1.24 bits per heavy atom. The number of aryl methyl sites for hydroxylation is 1. The van der Waals surface area contributed by atoms with Gasteiger partial charge in [0.15, 0.2) is 0 Å². The summed E-state index contributed by atoms with van der Waals surface area (Å²) < 4.78 is 0. The Morgan fingerprint density at radius 3 is 2.88 bits per heavy atom. The van der Waals surface area contributed by atoms with E-state index in [1.54, 1.807) is 11.4 Å². The molecular weight excluding hydrogens is 332 g/mol. The van der Waals surface area contributed by atoms with Crippen LogP contribution in [0.15, 0.2) is 41.1 Å². The van der Waals surface area contributed by atoms with Crippen LogP contribution in [0.4, 0.5) is 0 Å². The molecule has 2 N–H and O–H groups in total. The third kappa shape index (κ3) is 4.48. The Bertz CT molecular complexity index is 727. The van der Waals surface area contributed by atoms with Gasteiger partial charge in [0.05, 0.1) is 6.04 Å². The SMILES string of the molecule is C[C@H]1CCCc2ccccc2[C@H]1NC(=O)CCNC(=O)c1ccsc1. The molecule has 0 aliphatic heterocycles. The predicted octanol–water partition coefficient (Wildman–Crippen LogP) is 3.70. The van der Waals surface area contributed by atoms with Crippen molar-refractivity contribution < 1.29 is 9.59 Å². The lowest BCUT2D eigenvalue weighted by Crippen LogP contribution is -2.35. The highest BCUT2D eigenvalue weighted by molar-refractivity contribution is 7.08. The van der Waals surface area contributed by atoms with E-state index in [-0.39, 0.29) is 17.9 Å². The lowest BCUT2D eigenvalue weighted by atomic mass is 9.92. The molecule has 1 aliphatic carbocycles. The first-order valence-corrected chi connectivity index (χ1v) is 9.77. The summed E-state index contributed by atoms with van der Waals surface area (Å²) in [5.41, 5.74) is 3.22. The van der Waals surface area contributed by atoms with E-state index in [1.165, 1.54) is 22.5 Å². The third-order valence-corrected chi connectivity index (χ3v) is 5.49. The van der Waals surface area contributed by atoms with Gasteiger partial charge in [0, 0.05) is 23.9 Å². The first-order valence-electron chi connectivity index (χ1n) is 8.82. The molecule has 3 rings (SSSR count). The molecule has 1 heterocycles. The summed E-state index contributed by atoms with van der Waals surface area (Å²) in [4.78, 5) is 24.3. The van der Waals surface area contributed by atoms with Gasteiger partial charge in [-0.05, 0) is 47.8 Å². The highest BCUT2D eigenvalue weighted by atomic mass is 32.1. The summed E-state index contributed by atoms with van der Waals surface area (Å²) >= 11 is 1.49. The first-order chi connectivity index (χ1) is 12.1. The van der Waals surface area contributed by atoms with Crippen molar-refractivity contribution in [1.82, 2.24) is 10.6 Å². The van der Waals surface area contributed by atoms with Gasteiger partial charge >= 0.3 is 0 Å². The van der Waals surface area contributed by atoms with E-state index in [0.29, 0.717) is 24.4 Å². The quantitative estimate of drug-likeness (QED) is 0.803. The van der Waals surface area contributed by atoms with Crippen LogP contribution in [0, 0.1) is 5.92 Å². The number of hydrogen-bond donors (Lipinski definition) is 2. The fourth-order valence-electron chi connectivity index (χ4n) is 3.40. The van der Waals surface area contributed by atoms with E-state index >= 15 is 0 Å². The van der Waals surface area contributed by atoms with Gasteiger partial charge in [0.25, 0.3) is 5.91 Å². The molecule has 1 aromatic carbocycles. The molecule has 132 valence electrons. The standard InChI is InChI=1S/C20H24N2O2S/c1-14-5-4-7-15-6-2-3-8-17(15)19(14)22-18(23)9-11-21-20(24)16-10-12-25-13-16/h2-3,6,8,10,12-14,19H,4-5,7,9,11H2,1H3,(H,21,24)(H,22,23)/t14-,19-/m0/s1. The van der Waals surface area contributed by atoms with Gasteiger partial charge in [-0.3, -0.25) is 9.59 Å². The van der Waals surface area contributed by atoms with Crippen molar-refractivity contribution in [2.75, 3.05) is 6.54 Å². The molecule has 2 aromatic rings. The Morgan fingerprint density at radius 2 is 2.08 bits per heavy atom. The number of carbonyl (C=O) groups is 2. The minimum Gasteiger partial charge on any atom is -0.351 e. The molecule has 1 aromatic heterocycles. The lowest BCUT2D eigenvalue weighted by molar-refractivity contribution is -0.122. The summed E-state index contributed by atoms with van der Waals surface area (Å²) in [6.07, 6.45) is 3.63. The van der Waals surface area contributed by atoms with Crippen LogP contribution in [0.5, 0.6) is 0 Å². The maximum atomic E-state index is 12.4. The Kier molecular flexibility index (Phi) is 5.87. The summed E-state index contributed by atoms with van der Waals surface area (Å²) in [5, 5.41) is 9.66. The van der Waals surface area contributed by atoms with E-state index < -0.39 is 0 Å². The number of thiophene rings is 1. The largest absolute Gasteiger partial charge is 0.351 e. The monoisotopic (exact) mass is 356 g/mol. The average molecular weight is 356 g/mol. The molecule has 2 amide bonds. The van der Waals surface area contributed by atoms with E-state index in [9.17, 15) is 9.59 Å². The van der Waals surface area contributed by atoms with Gasteiger partial charge in [0.1, 0.15) is 0 Å². The topological polar surface area (TPSA) is 58.2 Å². The van der Waals surface area contributed by atoms with E-state index in [2.05, 4.69) is 35.8 Å². The highest BCUT2D eigenvalue weighted by Crippen LogP contribution is 2.32. The zero-order valence-electron chi connectivity index (χ0n) is 14.5. The second-order valence-electron chi connectivity index (χ2n) is 6.63. The number of nitrogens with one attached hydrogen (secondary N) is 2. The second-order valence-corrected chi connectivity index (χ2v) is 7.41. The molecule has 0 saturated carbocycles. The fourth-order valence-corrected chi connectivity index (χ4v) is 4.04. The number of hydrogen-bond acceptors (Lipinski definition) is 3. The van der Waals surface area contributed by atoms with E-state index in [0.717, 1.165) is 19.3 Å². The second kappa shape index (κ2) is 8.30. The van der Waals surface area contributed by atoms with Crippen LogP contribution in [0.2, 0.25) is 0 Å². The minimum atomic E-state index is -0.123. The van der Waals surface area contributed by atoms with Gasteiger partial charge in [-0.15, -0.1) is 0 Å². The first kappa shape index (κ1) is 17.7. The zero-order valence-corrected chi connectivity index (χ0v) is 15.3. The van der Waals surface area contributed by atoms with Gasteiger partial charge in [0.2, 0.25) is 5.91 Å². The van der Waals surface area contributed by atoms with Crippen molar-refractivity contribution in [3.05, 3.63) is 57.8 Å². The van der Waals surface area contributed by atoms with Crippen molar-refractivity contribution in [3.63, 3.8) is 0 Å². The maximum Gasteiger partial charge on any atom is 0.252 e. The number of benzene rings is 1. The van der Waals surface area contributed by atoms with Crippen LogP contribution < -0.4 is 10.6 Å². The minimum absolute atomic E-state index is 0.0147. The van der Waals surface area contributed by atoms with E-state index in [4.69, 9.17) is 0 Å². The molecule has 0 spiro atoms. The molecule has 1 aliphatic rings. The van der Waals surface area contributed by atoms with Crippen LogP contribution in [-0.2, 0) is 11.2 Å². The van der Waals surface area contributed by atoms with E-state index in [1.807, 2.05) is 11.4 Å². The summed E-state index contributed by atoms with van der Waals surface area (Å²) in [5.74, 6) is 0.273. The summed E-state index contributed by atoms with van der Waals surface area (Å²) in [6, 6.07) is 10.2. The van der Waals surface area contributed by atoms with Gasteiger partial charge in [-0.25, -0.2) is 0 Å². The lowest BCUT2D eigenvalue weighted by Gasteiger charge is -2.25. The molecule has 0 saturated heterocycles. The smallest absolute Gasteiger partial charge is 0.252 e. The molecule has 4 nitrogen and oxygen atoms in total. The predicted molar refractivity (Wildman–Crippen MR) is 101 cm³/mol. The molecule has 0 fully saturated rings. The van der Waals surface area contributed by atoms with Crippen LogP contribution in [0.3, 0.4) is 0 Å². The normalized spacial score (nSPS) is 19.6. The maximum absolute atomic E-state index is 12.4. The van der Waals surface area contributed by atoms with Crippen LogP contribution in [-0.4, -0.2) is 18.4 Å². The molecule has 2 atom stereocenters. The van der Waals surface area contributed by atoms with Crippen molar-refractivity contribution in [2.45, 2.75) is 38.6 Å². The van der Waals surface area contributed by atoms with Crippen LogP contribution in [0.25, 0.3) is 0 Å². The molecule has 0 unspecified atom stereocenters. The van der Waals surface area contributed by atoms with Crippen molar-refractivity contribution in [1.29, 1.82) is 0 Å². The Balaban J connectivity index is 1.56. The molecule has 5 heteroatoms. The van der Waals surface area contributed by atoms with Crippen molar-refractivity contribution in [3.8, 4) is 0 Å². The number of rotatable bonds is 5. The summed E-state index contributed by atoms with van der Waals surface area (Å²) in [6.45, 7) is 2.55. The molecular formula is C20H24N2O2S.